The molecule has 2 unspecified atom stereocenters. The standard InChI is InChI=1S/C37H37F2N5O2S/c1-7-32(45)43-18-21(4)44-30(22(43)5)17-29(41-44)36-34(33-28(39)15-26(38)16-31(33)46-20(2)3)37-27(11-13-47-37)35(40-36)24-8-9-25-19-42(6)12-10-23(25)14-24/h7-9,11,13-17,20-22H,1,10,12,18-19H2,2-6H3. The highest BCUT2D eigenvalue weighted by atomic mass is 32.1. The first-order valence-corrected chi connectivity index (χ1v) is 16.8. The minimum atomic E-state index is -0.738. The Morgan fingerprint density at radius 1 is 1.09 bits per heavy atom. The number of amides is 1. The lowest BCUT2D eigenvalue weighted by atomic mass is 9.93. The summed E-state index contributed by atoms with van der Waals surface area (Å²) >= 11 is 1.48. The number of hydrogen-bond donors (Lipinski definition) is 0. The molecule has 2 aliphatic heterocycles. The second kappa shape index (κ2) is 12.0. The molecule has 7 rings (SSSR count). The fourth-order valence-electron chi connectivity index (χ4n) is 6.91. The molecule has 2 aliphatic rings. The third kappa shape index (κ3) is 5.43. The number of hydrogen-bond acceptors (Lipinski definition) is 6. The van der Waals surface area contributed by atoms with Gasteiger partial charge in [0, 0.05) is 53.0 Å². The van der Waals surface area contributed by atoms with E-state index in [0.717, 1.165) is 52.6 Å². The van der Waals surface area contributed by atoms with Gasteiger partial charge in [0.25, 0.3) is 0 Å². The summed E-state index contributed by atoms with van der Waals surface area (Å²) in [6, 6.07) is 12.2. The predicted octanol–water partition coefficient (Wildman–Crippen LogP) is 8.20. The van der Waals surface area contributed by atoms with Crippen LogP contribution in [0.15, 0.2) is 60.5 Å². The number of pyridine rings is 1. The molecular formula is C37H37F2N5O2S. The molecule has 2 aromatic carbocycles. The van der Waals surface area contributed by atoms with E-state index in [9.17, 15) is 9.18 Å². The summed E-state index contributed by atoms with van der Waals surface area (Å²) in [7, 11) is 2.13. The van der Waals surface area contributed by atoms with Crippen molar-refractivity contribution in [2.24, 2.45) is 0 Å². The van der Waals surface area contributed by atoms with E-state index in [1.807, 2.05) is 49.9 Å². The average Bonchev–Trinajstić information content (AvgIpc) is 3.70. The summed E-state index contributed by atoms with van der Waals surface area (Å²) in [6.07, 6.45) is 1.95. The Labute approximate surface area is 277 Å². The van der Waals surface area contributed by atoms with Gasteiger partial charge in [0.2, 0.25) is 5.91 Å². The molecule has 2 atom stereocenters. The van der Waals surface area contributed by atoms with Crippen LogP contribution in [0.1, 0.15) is 56.6 Å². The summed E-state index contributed by atoms with van der Waals surface area (Å²) in [5.74, 6) is -1.50. The van der Waals surface area contributed by atoms with Gasteiger partial charge in [-0.3, -0.25) is 9.48 Å². The van der Waals surface area contributed by atoms with Gasteiger partial charge in [-0.25, -0.2) is 13.8 Å². The normalized spacial score (nSPS) is 18.0. The Hall–Kier alpha value is -4.41. The van der Waals surface area contributed by atoms with Crippen LogP contribution in [0.5, 0.6) is 5.75 Å². The summed E-state index contributed by atoms with van der Waals surface area (Å²) in [6.45, 7) is 13.7. The highest BCUT2D eigenvalue weighted by molar-refractivity contribution is 7.18. The van der Waals surface area contributed by atoms with E-state index < -0.39 is 11.6 Å². The summed E-state index contributed by atoms with van der Waals surface area (Å²) in [5.41, 5.74) is 6.82. The minimum absolute atomic E-state index is 0.106. The summed E-state index contributed by atoms with van der Waals surface area (Å²) in [4.78, 5) is 22.2. The Bertz CT molecular complexity index is 2050. The fraction of sp³-hybridized carbons (Fsp3) is 0.324. The molecule has 10 heteroatoms. The predicted molar refractivity (Wildman–Crippen MR) is 182 cm³/mol. The second-order valence-electron chi connectivity index (χ2n) is 12.9. The Morgan fingerprint density at radius 2 is 1.89 bits per heavy atom. The smallest absolute Gasteiger partial charge is 0.246 e. The number of aromatic nitrogens is 3. The first-order valence-electron chi connectivity index (χ1n) is 15.9. The minimum Gasteiger partial charge on any atom is -0.490 e. The molecule has 7 nitrogen and oxygen atoms in total. The van der Waals surface area contributed by atoms with Crippen LogP contribution in [0.2, 0.25) is 0 Å². The van der Waals surface area contributed by atoms with Crippen LogP contribution in [0.3, 0.4) is 0 Å². The lowest BCUT2D eigenvalue weighted by molar-refractivity contribution is -0.129. The van der Waals surface area contributed by atoms with Gasteiger partial charge in [-0.15, -0.1) is 11.3 Å². The third-order valence-electron chi connectivity index (χ3n) is 9.16. The van der Waals surface area contributed by atoms with E-state index >= 15 is 4.39 Å². The van der Waals surface area contributed by atoms with Gasteiger partial charge in [0.15, 0.2) is 0 Å². The summed E-state index contributed by atoms with van der Waals surface area (Å²) < 4.78 is 39.6. The summed E-state index contributed by atoms with van der Waals surface area (Å²) in [5, 5.41) is 7.90. The van der Waals surface area contributed by atoms with Gasteiger partial charge in [-0.2, -0.15) is 5.10 Å². The van der Waals surface area contributed by atoms with Gasteiger partial charge in [0.1, 0.15) is 28.8 Å². The molecular weight excluding hydrogens is 617 g/mol. The number of rotatable bonds is 6. The van der Waals surface area contributed by atoms with Gasteiger partial charge < -0.3 is 14.5 Å². The molecule has 0 saturated heterocycles. The number of benzene rings is 2. The number of halogens is 2. The van der Waals surface area contributed by atoms with Gasteiger partial charge in [0.05, 0.1) is 35.1 Å². The lowest BCUT2D eigenvalue weighted by Gasteiger charge is -2.36. The number of thiophene rings is 1. The number of carbonyl (C=O) groups is 1. The van der Waals surface area contributed by atoms with Crippen molar-refractivity contribution in [2.75, 3.05) is 20.1 Å². The number of likely N-dealkylation sites (N-methyl/N-ethyl adjacent to an activating group) is 1. The van der Waals surface area contributed by atoms with Crippen LogP contribution in [-0.4, -0.2) is 56.7 Å². The zero-order chi connectivity index (χ0) is 33.1. The highest BCUT2D eigenvalue weighted by Gasteiger charge is 2.34. The van der Waals surface area contributed by atoms with Crippen LogP contribution in [-0.2, 0) is 17.8 Å². The first-order chi connectivity index (χ1) is 22.5. The topological polar surface area (TPSA) is 63.5 Å². The Balaban J connectivity index is 1.51. The zero-order valence-electron chi connectivity index (χ0n) is 27.2. The molecule has 3 aromatic heterocycles. The van der Waals surface area contributed by atoms with Crippen molar-refractivity contribution < 1.29 is 18.3 Å². The largest absolute Gasteiger partial charge is 0.490 e. The van der Waals surface area contributed by atoms with Crippen LogP contribution < -0.4 is 4.74 Å². The van der Waals surface area contributed by atoms with Crippen LogP contribution in [0.25, 0.3) is 43.9 Å². The van der Waals surface area contributed by atoms with Gasteiger partial charge >= 0.3 is 0 Å². The van der Waals surface area contributed by atoms with Gasteiger partial charge in [-0.05, 0) is 81.9 Å². The average molecular weight is 654 g/mol. The molecule has 0 radical (unpaired) electrons. The molecule has 242 valence electrons. The molecule has 0 bridgehead atoms. The maximum absolute atomic E-state index is 16.1. The van der Waals surface area contributed by atoms with E-state index in [2.05, 4.69) is 36.7 Å². The Morgan fingerprint density at radius 3 is 2.66 bits per heavy atom. The maximum atomic E-state index is 16.1. The van der Waals surface area contributed by atoms with Crippen molar-refractivity contribution in [3.05, 3.63) is 89.0 Å². The molecule has 1 amide bonds. The van der Waals surface area contributed by atoms with Crippen LogP contribution in [0, 0.1) is 11.6 Å². The van der Waals surface area contributed by atoms with Crippen LogP contribution in [0.4, 0.5) is 8.78 Å². The van der Waals surface area contributed by atoms with E-state index in [1.165, 1.54) is 34.6 Å². The van der Waals surface area contributed by atoms with Crippen molar-refractivity contribution in [1.82, 2.24) is 24.6 Å². The monoisotopic (exact) mass is 653 g/mol. The van der Waals surface area contributed by atoms with Crippen molar-refractivity contribution in [1.29, 1.82) is 0 Å². The number of fused-ring (bicyclic) bond motifs is 3. The van der Waals surface area contributed by atoms with Crippen molar-refractivity contribution in [3.63, 3.8) is 0 Å². The van der Waals surface area contributed by atoms with E-state index in [0.29, 0.717) is 23.5 Å². The molecule has 0 fully saturated rings. The SMILES string of the molecule is C=CC(=O)N1CC(C)n2nc(-c3nc(-c4ccc5c(c4)CCN(C)C5)c4ccsc4c3-c3c(F)cc(F)cc3OC(C)C)cc2C1C. The number of ether oxygens (including phenoxy) is 1. The molecule has 0 spiro atoms. The first kappa shape index (κ1) is 31.2. The molecule has 47 heavy (non-hydrogen) atoms. The Kier molecular flexibility index (Phi) is 7.96. The highest BCUT2D eigenvalue weighted by Crippen LogP contribution is 2.48. The zero-order valence-corrected chi connectivity index (χ0v) is 28.0. The van der Waals surface area contributed by atoms with Crippen LogP contribution >= 0.6 is 11.3 Å². The maximum Gasteiger partial charge on any atom is 0.246 e. The number of nitrogens with zero attached hydrogens (tertiary/aromatic N) is 5. The second-order valence-corrected chi connectivity index (χ2v) is 13.8. The van der Waals surface area contributed by atoms with E-state index in [4.69, 9.17) is 14.8 Å². The van der Waals surface area contributed by atoms with Crippen molar-refractivity contribution >= 4 is 27.3 Å². The lowest BCUT2D eigenvalue weighted by Crippen LogP contribution is -2.42. The fourth-order valence-corrected chi connectivity index (χ4v) is 7.86. The molecule has 5 aromatic rings. The molecule has 0 aliphatic carbocycles. The molecule has 5 heterocycles. The third-order valence-corrected chi connectivity index (χ3v) is 10.1. The quantitative estimate of drug-likeness (QED) is 0.173. The van der Waals surface area contributed by atoms with Crippen molar-refractivity contribution in [2.45, 2.75) is 58.8 Å². The van der Waals surface area contributed by atoms with E-state index in [1.54, 1.807) is 4.90 Å². The van der Waals surface area contributed by atoms with Gasteiger partial charge in [-0.1, -0.05) is 18.7 Å². The van der Waals surface area contributed by atoms with Crippen molar-refractivity contribution in [3.8, 4) is 39.5 Å². The number of carbonyl (C=O) groups excluding carboxylic acids is 1. The molecule has 0 saturated carbocycles. The molecule has 0 N–H and O–H groups in total. The van der Waals surface area contributed by atoms with E-state index in [-0.39, 0.29) is 35.4 Å².